The smallest absolute Gasteiger partial charge is 0.244 e. The van der Waals surface area contributed by atoms with E-state index in [0.29, 0.717) is 10.2 Å². The van der Waals surface area contributed by atoms with Crippen LogP contribution in [0.4, 0.5) is 5.69 Å². The first-order valence-electron chi connectivity index (χ1n) is 11.1. The van der Waals surface area contributed by atoms with Crippen LogP contribution in [0, 0.1) is 0 Å². The van der Waals surface area contributed by atoms with Crippen LogP contribution in [0.1, 0.15) is 11.1 Å². The molecule has 2 amide bonds. The summed E-state index contributed by atoms with van der Waals surface area (Å²) in [5.74, 6) is -0.838. The monoisotopic (exact) mass is 635 g/mol. The number of nitrogens with one attached hydrogen (secondary N) is 1. The van der Waals surface area contributed by atoms with E-state index in [1.807, 2.05) is 54.6 Å². The van der Waals surface area contributed by atoms with Crippen LogP contribution in [0.5, 0.6) is 0 Å². The lowest BCUT2D eigenvalue weighted by molar-refractivity contribution is -0.139. The maximum absolute atomic E-state index is 13.8. The molecule has 0 bridgehead atoms. The maximum Gasteiger partial charge on any atom is 0.244 e. The molecule has 0 saturated heterocycles. The molecule has 3 rings (SSSR count). The van der Waals surface area contributed by atoms with Crippen molar-refractivity contribution in [3.63, 3.8) is 0 Å². The molecule has 36 heavy (non-hydrogen) atoms. The number of benzene rings is 3. The Morgan fingerprint density at radius 2 is 1.56 bits per heavy atom. The van der Waals surface area contributed by atoms with E-state index in [1.54, 1.807) is 24.3 Å². The van der Waals surface area contributed by atoms with Crippen molar-refractivity contribution in [1.82, 2.24) is 10.2 Å². The lowest BCUT2D eigenvalue weighted by Gasteiger charge is -2.33. The fourth-order valence-electron chi connectivity index (χ4n) is 3.80. The number of rotatable bonds is 10. The molecule has 3 aromatic rings. The molecule has 0 aromatic heterocycles. The average Bonchev–Trinajstić information content (AvgIpc) is 2.84. The molecule has 190 valence electrons. The van der Waals surface area contributed by atoms with Crippen LogP contribution in [0.15, 0.2) is 87.8 Å². The van der Waals surface area contributed by atoms with Crippen molar-refractivity contribution >= 4 is 59.4 Å². The highest BCUT2D eigenvalue weighted by Gasteiger charge is 2.33. The summed E-state index contributed by atoms with van der Waals surface area (Å²) in [5, 5.41) is 2.66. The van der Waals surface area contributed by atoms with Gasteiger partial charge in [-0.15, -0.1) is 0 Å². The number of hydrogen-bond acceptors (Lipinski definition) is 4. The minimum absolute atomic E-state index is 0.122. The van der Waals surface area contributed by atoms with Crippen molar-refractivity contribution in [2.24, 2.45) is 0 Å². The van der Waals surface area contributed by atoms with Crippen molar-refractivity contribution in [3.05, 3.63) is 98.9 Å². The van der Waals surface area contributed by atoms with Crippen molar-refractivity contribution in [2.75, 3.05) is 24.2 Å². The molecular formula is C26H27Br2N3O4S. The van der Waals surface area contributed by atoms with E-state index in [-0.39, 0.29) is 18.9 Å². The van der Waals surface area contributed by atoms with Gasteiger partial charge in [0, 0.05) is 29.0 Å². The van der Waals surface area contributed by atoms with Gasteiger partial charge in [0.25, 0.3) is 0 Å². The number of halogens is 2. The summed E-state index contributed by atoms with van der Waals surface area (Å²) in [5.41, 5.74) is 2.02. The zero-order valence-electron chi connectivity index (χ0n) is 19.9. The van der Waals surface area contributed by atoms with Gasteiger partial charge in [-0.2, -0.15) is 0 Å². The van der Waals surface area contributed by atoms with E-state index < -0.39 is 28.5 Å². The minimum atomic E-state index is -3.81. The van der Waals surface area contributed by atoms with Gasteiger partial charge in [-0.05, 0) is 51.3 Å². The first-order valence-corrected chi connectivity index (χ1v) is 14.5. The molecule has 10 heteroatoms. The van der Waals surface area contributed by atoms with Gasteiger partial charge in [-0.25, -0.2) is 8.42 Å². The predicted octanol–water partition coefficient (Wildman–Crippen LogP) is 4.36. The Hall–Kier alpha value is -2.69. The van der Waals surface area contributed by atoms with E-state index in [0.717, 1.165) is 26.2 Å². The Kier molecular flexibility index (Phi) is 9.69. The predicted molar refractivity (Wildman–Crippen MR) is 149 cm³/mol. The second kappa shape index (κ2) is 12.5. The number of anilines is 1. The second-order valence-corrected chi connectivity index (χ2v) is 11.9. The molecule has 0 fully saturated rings. The molecule has 1 N–H and O–H groups in total. The van der Waals surface area contributed by atoms with Crippen molar-refractivity contribution in [2.45, 2.75) is 19.0 Å². The summed E-state index contributed by atoms with van der Waals surface area (Å²) in [4.78, 5) is 28.4. The molecule has 0 aliphatic heterocycles. The fraction of sp³-hybridized carbons (Fsp3) is 0.231. The Labute approximate surface area is 228 Å². The first-order chi connectivity index (χ1) is 17.1. The van der Waals surface area contributed by atoms with Gasteiger partial charge in [0.05, 0.1) is 11.9 Å². The SMILES string of the molecule is CNC(=O)[C@@H](Cc1ccccc1)N(Cc1cccc(Br)c1)C(=O)CN(c1ccccc1Br)S(C)(=O)=O. The number of carbonyl (C=O) groups excluding carboxylic acids is 2. The van der Waals surface area contributed by atoms with E-state index >= 15 is 0 Å². The number of likely N-dealkylation sites (N-methyl/N-ethyl adjacent to an activating group) is 1. The standard InChI is InChI=1S/C26H27Br2N3O4S/c1-29-26(33)24(16-19-9-4-3-5-10-19)30(17-20-11-8-12-21(27)15-20)25(32)18-31(36(2,34)35)23-14-7-6-13-22(23)28/h3-15,24H,16-18H2,1-2H3,(H,29,33)/t24-/m1/s1. The van der Waals surface area contributed by atoms with Crippen LogP contribution in [-0.2, 0) is 32.6 Å². The van der Waals surface area contributed by atoms with Gasteiger partial charge in [0.1, 0.15) is 12.6 Å². The van der Waals surface area contributed by atoms with Crippen LogP contribution in [0.3, 0.4) is 0 Å². The second-order valence-electron chi connectivity index (χ2n) is 8.19. The summed E-state index contributed by atoms with van der Waals surface area (Å²) in [6.45, 7) is -0.339. The van der Waals surface area contributed by atoms with E-state index in [2.05, 4.69) is 37.2 Å². The normalized spacial score (nSPS) is 12.0. The Bertz CT molecular complexity index is 1320. The molecule has 7 nitrogen and oxygen atoms in total. The summed E-state index contributed by atoms with van der Waals surface area (Å²) >= 11 is 6.84. The summed E-state index contributed by atoms with van der Waals surface area (Å²) in [6.07, 6.45) is 1.33. The van der Waals surface area contributed by atoms with Crippen LogP contribution < -0.4 is 9.62 Å². The number of carbonyl (C=O) groups is 2. The van der Waals surface area contributed by atoms with Gasteiger partial charge in [0.2, 0.25) is 21.8 Å². The largest absolute Gasteiger partial charge is 0.357 e. The average molecular weight is 637 g/mol. The van der Waals surface area contributed by atoms with Crippen LogP contribution in [0.2, 0.25) is 0 Å². The van der Waals surface area contributed by atoms with Gasteiger partial charge in [0.15, 0.2) is 0 Å². The zero-order chi connectivity index (χ0) is 26.3. The summed E-state index contributed by atoms with van der Waals surface area (Å²) in [6, 6.07) is 22.8. The highest BCUT2D eigenvalue weighted by atomic mass is 79.9. The van der Waals surface area contributed by atoms with Crippen LogP contribution in [-0.4, -0.2) is 51.0 Å². The number of para-hydroxylation sites is 1. The molecule has 0 aliphatic rings. The quantitative estimate of drug-likeness (QED) is 0.358. The summed E-state index contributed by atoms with van der Waals surface area (Å²) in [7, 11) is -2.29. The maximum atomic E-state index is 13.8. The highest BCUT2D eigenvalue weighted by molar-refractivity contribution is 9.10. The number of nitrogens with zero attached hydrogens (tertiary/aromatic N) is 2. The molecule has 0 saturated carbocycles. The first kappa shape index (κ1) is 27.9. The molecule has 1 atom stereocenters. The molecule has 3 aromatic carbocycles. The molecule has 0 spiro atoms. The third-order valence-corrected chi connectivity index (χ3v) is 7.85. The summed E-state index contributed by atoms with van der Waals surface area (Å²) < 4.78 is 27.9. The molecule has 0 unspecified atom stereocenters. The molecule has 0 radical (unpaired) electrons. The van der Waals surface area contributed by atoms with E-state index in [4.69, 9.17) is 0 Å². The van der Waals surface area contributed by atoms with Gasteiger partial charge in [-0.3, -0.25) is 13.9 Å². The van der Waals surface area contributed by atoms with E-state index in [1.165, 1.54) is 11.9 Å². The minimum Gasteiger partial charge on any atom is -0.357 e. The highest BCUT2D eigenvalue weighted by Crippen LogP contribution is 2.28. The van der Waals surface area contributed by atoms with Gasteiger partial charge < -0.3 is 10.2 Å². The van der Waals surface area contributed by atoms with Crippen LogP contribution in [0.25, 0.3) is 0 Å². The van der Waals surface area contributed by atoms with Crippen LogP contribution >= 0.6 is 31.9 Å². The Morgan fingerprint density at radius 1 is 0.917 bits per heavy atom. The fourth-order valence-corrected chi connectivity index (χ4v) is 5.73. The number of hydrogen-bond donors (Lipinski definition) is 1. The Balaban J connectivity index is 2.04. The Morgan fingerprint density at radius 3 is 2.17 bits per heavy atom. The lowest BCUT2D eigenvalue weighted by Crippen LogP contribution is -2.52. The topological polar surface area (TPSA) is 86.8 Å². The molecule has 0 heterocycles. The van der Waals surface area contributed by atoms with Gasteiger partial charge in [-0.1, -0.05) is 70.5 Å². The third kappa shape index (κ3) is 7.41. The number of sulfonamides is 1. The van der Waals surface area contributed by atoms with Crippen molar-refractivity contribution in [1.29, 1.82) is 0 Å². The van der Waals surface area contributed by atoms with Crippen molar-refractivity contribution < 1.29 is 18.0 Å². The third-order valence-electron chi connectivity index (χ3n) is 5.56. The van der Waals surface area contributed by atoms with E-state index in [9.17, 15) is 18.0 Å². The van der Waals surface area contributed by atoms with Gasteiger partial charge >= 0.3 is 0 Å². The zero-order valence-corrected chi connectivity index (χ0v) is 23.9. The number of amides is 2. The van der Waals surface area contributed by atoms with Crippen molar-refractivity contribution in [3.8, 4) is 0 Å². The molecule has 0 aliphatic carbocycles. The lowest BCUT2D eigenvalue weighted by atomic mass is 10.0. The molecular weight excluding hydrogens is 610 g/mol.